The van der Waals surface area contributed by atoms with Crippen LogP contribution in [0.1, 0.15) is 38.4 Å². The van der Waals surface area contributed by atoms with E-state index < -0.39 is 0 Å². The molecule has 0 atom stereocenters. The number of hydrogen-bond acceptors (Lipinski definition) is 4. The number of anilines is 1. The predicted octanol–water partition coefficient (Wildman–Crippen LogP) is 2.44. The molecule has 0 amide bonds. The normalized spacial score (nSPS) is 16.2. The number of hydrogen-bond donors (Lipinski definition) is 1. The Morgan fingerprint density at radius 2 is 2.14 bits per heavy atom. The summed E-state index contributed by atoms with van der Waals surface area (Å²) in [6, 6.07) is 1.86. The highest BCUT2D eigenvalue weighted by Crippen LogP contribution is 2.39. The highest BCUT2D eigenvalue weighted by molar-refractivity contribution is 7.99. The third-order valence-electron chi connectivity index (χ3n) is 2.04. The molecular formula is C10H15N3S. The average molecular weight is 209 g/mol. The van der Waals surface area contributed by atoms with Gasteiger partial charge in [0.05, 0.1) is 0 Å². The summed E-state index contributed by atoms with van der Waals surface area (Å²) in [6.45, 7) is 4.31. The lowest BCUT2D eigenvalue weighted by atomic mass is 10.4. The van der Waals surface area contributed by atoms with Crippen LogP contribution in [0.4, 0.5) is 5.82 Å². The molecule has 0 aromatic carbocycles. The van der Waals surface area contributed by atoms with Gasteiger partial charge in [-0.2, -0.15) is 0 Å². The van der Waals surface area contributed by atoms with Crippen LogP contribution in [0.5, 0.6) is 0 Å². The summed E-state index contributed by atoms with van der Waals surface area (Å²) < 4.78 is 0. The molecule has 4 heteroatoms. The molecule has 3 nitrogen and oxygen atoms in total. The molecule has 1 heterocycles. The number of nitrogen functional groups attached to an aromatic ring is 1. The molecule has 14 heavy (non-hydrogen) atoms. The topological polar surface area (TPSA) is 51.8 Å². The molecule has 2 N–H and O–H groups in total. The maximum absolute atomic E-state index is 5.74. The Hall–Kier alpha value is -0.770. The van der Waals surface area contributed by atoms with Crippen molar-refractivity contribution in [2.75, 3.05) is 5.73 Å². The third-order valence-corrected chi connectivity index (χ3v) is 2.96. The minimum absolute atomic E-state index is 0.538. The van der Waals surface area contributed by atoms with Crippen LogP contribution in [0.15, 0.2) is 11.1 Å². The largest absolute Gasteiger partial charge is 0.384 e. The van der Waals surface area contributed by atoms with E-state index >= 15 is 0 Å². The zero-order valence-electron chi connectivity index (χ0n) is 8.53. The fourth-order valence-corrected chi connectivity index (χ4v) is 2.11. The van der Waals surface area contributed by atoms with E-state index in [4.69, 9.17) is 5.73 Å². The Balaban J connectivity index is 2.22. The number of thioether (sulfide) groups is 1. The SMILES string of the molecule is CC(C)Sc1cc(N)nc(C2CC2)n1. The predicted molar refractivity (Wildman–Crippen MR) is 59.4 cm³/mol. The molecule has 0 spiro atoms. The van der Waals surface area contributed by atoms with Crippen molar-refractivity contribution in [3.8, 4) is 0 Å². The number of aromatic nitrogens is 2. The van der Waals surface area contributed by atoms with Gasteiger partial charge in [-0.15, -0.1) is 11.8 Å². The molecule has 0 aliphatic heterocycles. The molecular weight excluding hydrogens is 194 g/mol. The standard InChI is InChI=1S/C10H15N3S/c1-6(2)14-9-5-8(11)12-10(13-9)7-3-4-7/h5-7H,3-4H2,1-2H3,(H2,11,12,13). The van der Waals surface area contributed by atoms with E-state index in [0.717, 1.165) is 10.9 Å². The Morgan fingerprint density at radius 3 is 2.71 bits per heavy atom. The van der Waals surface area contributed by atoms with Gasteiger partial charge >= 0.3 is 0 Å². The molecule has 76 valence electrons. The number of nitrogens with zero attached hydrogens (tertiary/aromatic N) is 2. The average Bonchev–Trinajstić information content (AvgIpc) is 2.82. The van der Waals surface area contributed by atoms with Gasteiger partial charge in [-0.3, -0.25) is 0 Å². The van der Waals surface area contributed by atoms with Gasteiger partial charge in [0, 0.05) is 17.2 Å². The Bertz CT molecular complexity index is 334. The van der Waals surface area contributed by atoms with Gasteiger partial charge in [0.15, 0.2) is 0 Å². The lowest BCUT2D eigenvalue weighted by Gasteiger charge is -2.06. The van der Waals surface area contributed by atoms with Gasteiger partial charge in [-0.25, -0.2) is 9.97 Å². The first kappa shape index (κ1) is 9.77. The van der Waals surface area contributed by atoms with E-state index in [-0.39, 0.29) is 0 Å². The molecule has 1 saturated carbocycles. The third kappa shape index (κ3) is 2.38. The fraction of sp³-hybridized carbons (Fsp3) is 0.600. The Kier molecular flexibility index (Phi) is 2.63. The molecule has 0 bridgehead atoms. The second-order valence-electron chi connectivity index (χ2n) is 3.93. The summed E-state index contributed by atoms with van der Waals surface area (Å²) in [5.74, 6) is 2.11. The van der Waals surface area contributed by atoms with Crippen molar-refractivity contribution in [3.05, 3.63) is 11.9 Å². The van der Waals surface area contributed by atoms with Gasteiger partial charge in [0.25, 0.3) is 0 Å². The first-order chi connectivity index (χ1) is 6.65. The van der Waals surface area contributed by atoms with E-state index in [1.165, 1.54) is 12.8 Å². The van der Waals surface area contributed by atoms with Crippen molar-refractivity contribution in [1.82, 2.24) is 9.97 Å². The van der Waals surface area contributed by atoms with E-state index in [9.17, 15) is 0 Å². The van der Waals surface area contributed by atoms with Crippen molar-refractivity contribution >= 4 is 17.6 Å². The summed E-state index contributed by atoms with van der Waals surface area (Å²) in [4.78, 5) is 8.76. The second kappa shape index (κ2) is 3.77. The number of nitrogens with two attached hydrogens (primary N) is 1. The first-order valence-corrected chi connectivity index (χ1v) is 5.84. The molecule has 1 aromatic rings. The van der Waals surface area contributed by atoms with E-state index in [0.29, 0.717) is 17.0 Å². The van der Waals surface area contributed by atoms with Crippen LogP contribution in [0.25, 0.3) is 0 Å². The van der Waals surface area contributed by atoms with Crippen LogP contribution in [0, 0.1) is 0 Å². The van der Waals surface area contributed by atoms with E-state index in [1.54, 1.807) is 11.8 Å². The minimum Gasteiger partial charge on any atom is -0.384 e. The summed E-state index contributed by atoms with van der Waals surface area (Å²) in [5, 5.41) is 1.55. The molecule has 2 rings (SSSR count). The highest BCUT2D eigenvalue weighted by Gasteiger charge is 2.27. The first-order valence-electron chi connectivity index (χ1n) is 4.96. The molecule has 1 aliphatic carbocycles. The maximum atomic E-state index is 5.74. The summed E-state index contributed by atoms with van der Waals surface area (Å²) >= 11 is 1.74. The molecule has 1 aliphatic rings. The van der Waals surface area contributed by atoms with E-state index in [1.807, 2.05) is 6.07 Å². The van der Waals surface area contributed by atoms with Crippen molar-refractivity contribution in [2.45, 2.75) is 42.9 Å². The molecule has 1 fully saturated rings. The lowest BCUT2D eigenvalue weighted by molar-refractivity contribution is 0.881. The smallest absolute Gasteiger partial charge is 0.135 e. The van der Waals surface area contributed by atoms with E-state index in [2.05, 4.69) is 23.8 Å². The summed E-state index contributed by atoms with van der Waals surface area (Å²) in [5.41, 5.74) is 5.74. The van der Waals surface area contributed by atoms with Crippen LogP contribution >= 0.6 is 11.8 Å². The van der Waals surface area contributed by atoms with Crippen molar-refractivity contribution in [1.29, 1.82) is 0 Å². The zero-order valence-corrected chi connectivity index (χ0v) is 9.34. The van der Waals surface area contributed by atoms with Crippen LogP contribution in [0.2, 0.25) is 0 Å². The summed E-state index contributed by atoms with van der Waals surface area (Å²) in [7, 11) is 0. The van der Waals surface area contributed by atoms with Crippen LogP contribution in [0.3, 0.4) is 0 Å². The van der Waals surface area contributed by atoms with Gasteiger partial charge < -0.3 is 5.73 Å². The van der Waals surface area contributed by atoms with Crippen LogP contribution in [-0.4, -0.2) is 15.2 Å². The van der Waals surface area contributed by atoms with Gasteiger partial charge in [0.1, 0.15) is 16.7 Å². The highest BCUT2D eigenvalue weighted by atomic mass is 32.2. The minimum atomic E-state index is 0.538. The molecule has 0 unspecified atom stereocenters. The van der Waals surface area contributed by atoms with Crippen LogP contribution in [-0.2, 0) is 0 Å². The van der Waals surface area contributed by atoms with Crippen molar-refractivity contribution in [3.63, 3.8) is 0 Å². The van der Waals surface area contributed by atoms with Crippen molar-refractivity contribution < 1.29 is 0 Å². The van der Waals surface area contributed by atoms with Crippen LogP contribution < -0.4 is 5.73 Å². The quantitative estimate of drug-likeness (QED) is 0.613. The fourth-order valence-electron chi connectivity index (χ4n) is 1.29. The number of rotatable bonds is 3. The monoisotopic (exact) mass is 209 g/mol. The second-order valence-corrected chi connectivity index (χ2v) is 5.53. The molecule has 0 saturated heterocycles. The molecule has 1 aromatic heterocycles. The Morgan fingerprint density at radius 1 is 1.43 bits per heavy atom. The van der Waals surface area contributed by atoms with Gasteiger partial charge in [0.2, 0.25) is 0 Å². The van der Waals surface area contributed by atoms with Gasteiger partial charge in [-0.1, -0.05) is 13.8 Å². The van der Waals surface area contributed by atoms with Gasteiger partial charge in [-0.05, 0) is 12.8 Å². The summed E-state index contributed by atoms with van der Waals surface area (Å²) in [6.07, 6.45) is 2.43. The van der Waals surface area contributed by atoms with Crippen molar-refractivity contribution in [2.24, 2.45) is 0 Å². The maximum Gasteiger partial charge on any atom is 0.135 e. The Labute approximate surface area is 88.5 Å². The molecule has 0 radical (unpaired) electrons. The zero-order chi connectivity index (χ0) is 10.1. The lowest BCUT2D eigenvalue weighted by Crippen LogP contribution is -2.00.